The number of hydrogen-bond acceptors (Lipinski definition) is 4. The predicted molar refractivity (Wildman–Crippen MR) is 80.5 cm³/mol. The first-order valence-electron chi connectivity index (χ1n) is 7.08. The number of likely N-dealkylation sites (tertiary alicyclic amines) is 1. The van der Waals surface area contributed by atoms with Crippen molar-refractivity contribution in [1.82, 2.24) is 4.90 Å². The van der Waals surface area contributed by atoms with Crippen LogP contribution in [0.4, 0.5) is 11.4 Å². The summed E-state index contributed by atoms with van der Waals surface area (Å²) in [6.07, 6.45) is 1.88. The van der Waals surface area contributed by atoms with Gasteiger partial charge in [0.2, 0.25) is 5.91 Å². The van der Waals surface area contributed by atoms with E-state index in [-0.39, 0.29) is 12.5 Å². The van der Waals surface area contributed by atoms with Crippen LogP contribution in [0.3, 0.4) is 0 Å². The van der Waals surface area contributed by atoms with E-state index in [2.05, 4.69) is 10.2 Å². The molecule has 5 heteroatoms. The number of aliphatic hydroxyl groups excluding tert-OH is 1. The number of aliphatic hydroxyl groups is 1. The zero-order valence-electron chi connectivity index (χ0n) is 11.9. The van der Waals surface area contributed by atoms with E-state index in [1.165, 1.54) is 0 Å². The van der Waals surface area contributed by atoms with Gasteiger partial charge in [0.25, 0.3) is 0 Å². The van der Waals surface area contributed by atoms with E-state index in [1.807, 2.05) is 19.1 Å². The Morgan fingerprint density at radius 1 is 1.55 bits per heavy atom. The van der Waals surface area contributed by atoms with Gasteiger partial charge in [0.1, 0.15) is 0 Å². The fraction of sp³-hybridized carbons (Fsp3) is 0.533. The molecule has 1 unspecified atom stereocenters. The van der Waals surface area contributed by atoms with Gasteiger partial charge in [-0.05, 0) is 43.9 Å². The Labute approximate surface area is 119 Å². The van der Waals surface area contributed by atoms with Gasteiger partial charge in [-0.25, -0.2) is 0 Å². The molecule has 2 rings (SSSR count). The largest absolute Gasteiger partial charge is 0.397 e. The monoisotopic (exact) mass is 277 g/mol. The Bertz CT molecular complexity index is 456. The number of anilines is 2. The fourth-order valence-corrected chi connectivity index (χ4v) is 2.72. The quantitative estimate of drug-likeness (QED) is 0.707. The molecule has 0 aliphatic carbocycles. The molecule has 1 fully saturated rings. The van der Waals surface area contributed by atoms with Gasteiger partial charge >= 0.3 is 0 Å². The SMILES string of the molecule is Cc1cccc(N)c1NC(=O)CN1CCC(CCO)C1. The number of rotatable bonds is 5. The first-order chi connectivity index (χ1) is 9.60. The number of carbonyl (C=O) groups excluding carboxylic acids is 1. The number of hydrogen-bond donors (Lipinski definition) is 3. The lowest BCUT2D eigenvalue weighted by atomic mass is 10.1. The van der Waals surface area contributed by atoms with Gasteiger partial charge in [-0.2, -0.15) is 0 Å². The number of carbonyl (C=O) groups is 1. The molecule has 1 atom stereocenters. The van der Waals surface area contributed by atoms with Crippen LogP contribution in [0.15, 0.2) is 18.2 Å². The molecular weight excluding hydrogens is 254 g/mol. The minimum absolute atomic E-state index is 0.0318. The Morgan fingerprint density at radius 3 is 3.05 bits per heavy atom. The first kappa shape index (κ1) is 14.8. The molecule has 1 aromatic rings. The van der Waals surface area contributed by atoms with Gasteiger partial charge in [-0.15, -0.1) is 0 Å². The zero-order chi connectivity index (χ0) is 14.5. The molecule has 110 valence electrons. The third kappa shape index (κ3) is 3.71. The van der Waals surface area contributed by atoms with E-state index < -0.39 is 0 Å². The molecule has 0 aromatic heterocycles. The van der Waals surface area contributed by atoms with Gasteiger partial charge < -0.3 is 16.2 Å². The van der Waals surface area contributed by atoms with Crippen molar-refractivity contribution in [2.45, 2.75) is 19.8 Å². The van der Waals surface area contributed by atoms with Crippen molar-refractivity contribution >= 4 is 17.3 Å². The molecule has 0 spiro atoms. The molecule has 20 heavy (non-hydrogen) atoms. The second-order valence-corrected chi connectivity index (χ2v) is 5.49. The molecule has 1 aliphatic heterocycles. The molecule has 4 N–H and O–H groups in total. The van der Waals surface area contributed by atoms with E-state index in [4.69, 9.17) is 10.8 Å². The van der Waals surface area contributed by atoms with Crippen LogP contribution in [-0.2, 0) is 4.79 Å². The third-order valence-electron chi connectivity index (χ3n) is 3.84. The summed E-state index contributed by atoms with van der Waals surface area (Å²) in [5.41, 5.74) is 8.16. The van der Waals surface area contributed by atoms with Gasteiger partial charge in [0, 0.05) is 13.2 Å². The average Bonchev–Trinajstić information content (AvgIpc) is 2.82. The number of nitrogens with two attached hydrogens (primary N) is 1. The molecule has 5 nitrogen and oxygen atoms in total. The Morgan fingerprint density at radius 2 is 2.35 bits per heavy atom. The van der Waals surface area contributed by atoms with Crippen molar-refractivity contribution in [3.63, 3.8) is 0 Å². The molecule has 1 amide bonds. The molecule has 0 bridgehead atoms. The molecule has 0 radical (unpaired) electrons. The number of nitrogen functional groups attached to an aromatic ring is 1. The second kappa shape index (κ2) is 6.72. The molecular formula is C15H23N3O2. The maximum absolute atomic E-state index is 12.1. The van der Waals surface area contributed by atoms with Crippen LogP contribution in [0.2, 0.25) is 0 Å². The van der Waals surface area contributed by atoms with Crippen LogP contribution >= 0.6 is 0 Å². The summed E-state index contributed by atoms with van der Waals surface area (Å²) in [6.45, 7) is 4.35. The van der Waals surface area contributed by atoms with Crippen LogP contribution < -0.4 is 11.1 Å². The lowest BCUT2D eigenvalue weighted by Crippen LogP contribution is -2.32. The summed E-state index contributed by atoms with van der Waals surface area (Å²) in [5, 5.41) is 11.8. The first-order valence-corrected chi connectivity index (χ1v) is 7.08. The van der Waals surface area contributed by atoms with Gasteiger partial charge in [-0.1, -0.05) is 12.1 Å². The number of benzene rings is 1. The van der Waals surface area contributed by atoms with E-state index in [1.54, 1.807) is 6.07 Å². The Kier molecular flexibility index (Phi) is 4.98. The molecule has 0 saturated carbocycles. The Balaban J connectivity index is 1.87. The highest BCUT2D eigenvalue weighted by Crippen LogP contribution is 2.23. The number of nitrogens with one attached hydrogen (secondary N) is 1. The highest BCUT2D eigenvalue weighted by atomic mass is 16.3. The van der Waals surface area contributed by atoms with Crippen LogP contribution in [0.5, 0.6) is 0 Å². The highest BCUT2D eigenvalue weighted by molar-refractivity contribution is 5.96. The average molecular weight is 277 g/mol. The second-order valence-electron chi connectivity index (χ2n) is 5.49. The van der Waals surface area contributed by atoms with Gasteiger partial charge in [0.15, 0.2) is 0 Å². The fourth-order valence-electron chi connectivity index (χ4n) is 2.72. The van der Waals surface area contributed by atoms with E-state index in [0.717, 1.165) is 31.5 Å². The van der Waals surface area contributed by atoms with Crippen LogP contribution in [0.25, 0.3) is 0 Å². The van der Waals surface area contributed by atoms with Crippen LogP contribution in [-0.4, -0.2) is 42.2 Å². The minimum atomic E-state index is -0.0318. The van der Waals surface area contributed by atoms with Crippen molar-refractivity contribution in [3.8, 4) is 0 Å². The van der Waals surface area contributed by atoms with Crippen molar-refractivity contribution in [1.29, 1.82) is 0 Å². The number of nitrogens with zero attached hydrogens (tertiary/aromatic N) is 1. The lowest BCUT2D eigenvalue weighted by Gasteiger charge is -2.17. The summed E-state index contributed by atoms with van der Waals surface area (Å²) in [4.78, 5) is 14.2. The van der Waals surface area contributed by atoms with Crippen molar-refractivity contribution in [2.75, 3.05) is 37.3 Å². The van der Waals surface area contributed by atoms with E-state index in [9.17, 15) is 4.79 Å². The molecule has 1 aliphatic rings. The number of amides is 1. The van der Waals surface area contributed by atoms with Crippen molar-refractivity contribution < 1.29 is 9.90 Å². The smallest absolute Gasteiger partial charge is 0.238 e. The maximum atomic E-state index is 12.1. The highest BCUT2D eigenvalue weighted by Gasteiger charge is 2.23. The minimum Gasteiger partial charge on any atom is -0.397 e. The molecule has 1 saturated heterocycles. The number of aryl methyl sites for hydroxylation is 1. The van der Waals surface area contributed by atoms with Crippen LogP contribution in [0, 0.1) is 12.8 Å². The predicted octanol–water partition coefficient (Wildman–Crippen LogP) is 1.22. The Hall–Kier alpha value is -1.59. The summed E-state index contributed by atoms with van der Waals surface area (Å²) >= 11 is 0. The topological polar surface area (TPSA) is 78.6 Å². The molecule has 1 heterocycles. The maximum Gasteiger partial charge on any atom is 0.238 e. The lowest BCUT2D eigenvalue weighted by molar-refractivity contribution is -0.117. The van der Waals surface area contributed by atoms with Crippen molar-refractivity contribution in [3.05, 3.63) is 23.8 Å². The normalized spacial score (nSPS) is 19.2. The van der Waals surface area contributed by atoms with E-state index in [0.29, 0.717) is 23.8 Å². The van der Waals surface area contributed by atoms with Gasteiger partial charge in [0.05, 0.1) is 17.9 Å². The van der Waals surface area contributed by atoms with Crippen molar-refractivity contribution in [2.24, 2.45) is 5.92 Å². The van der Waals surface area contributed by atoms with Gasteiger partial charge in [-0.3, -0.25) is 9.69 Å². The summed E-state index contributed by atoms with van der Waals surface area (Å²) in [6, 6.07) is 5.59. The summed E-state index contributed by atoms with van der Waals surface area (Å²) < 4.78 is 0. The molecule has 1 aromatic carbocycles. The zero-order valence-corrected chi connectivity index (χ0v) is 11.9. The van der Waals surface area contributed by atoms with E-state index >= 15 is 0 Å². The standard InChI is InChI=1S/C15H23N3O2/c1-11-3-2-4-13(16)15(11)17-14(20)10-18-7-5-12(9-18)6-8-19/h2-4,12,19H,5-10,16H2,1H3,(H,17,20). The summed E-state index contributed by atoms with van der Waals surface area (Å²) in [7, 11) is 0. The third-order valence-corrected chi connectivity index (χ3v) is 3.84. The number of para-hydroxylation sites is 1. The summed E-state index contributed by atoms with van der Waals surface area (Å²) in [5.74, 6) is 0.479. The van der Waals surface area contributed by atoms with Crippen LogP contribution in [0.1, 0.15) is 18.4 Å².